The second-order valence-electron chi connectivity index (χ2n) is 4.98. The minimum atomic E-state index is 0.434. The SMILES string of the molecule is CCNC(CSc1cccc(Cl)c1)Cc1nc(C)c(C)s1. The van der Waals surface area contributed by atoms with Crippen LogP contribution in [0.25, 0.3) is 0 Å². The van der Waals surface area contributed by atoms with Crippen LogP contribution >= 0.6 is 34.7 Å². The van der Waals surface area contributed by atoms with E-state index < -0.39 is 0 Å². The predicted octanol–water partition coefficient (Wildman–Crippen LogP) is 4.73. The number of nitrogens with zero attached hydrogens (tertiary/aromatic N) is 1. The van der Waals surface area contributed by atoms with Crippen molar-refractivity contribution < 1.29 is 0 Å². The summed E-state index contributed by atoms with van der Waals surface area (Å²) in [6, 6.07) is 8.48. The molecule has 0 fully saturated rings. The van der Waals surface area contributed by atoms with E-state index >= 15 is 0 Å². The molecule has 5 heteroatoms. The normalized spacial score (nSPS) is 12.6. The first-order valence-corrected chi connectivity index (χ1v) is 9.31. The zero-order valence-corrected chi connectivity index (χ0v) is 15.0. The van der Waals surface area contributed by atoms with Crippen molar-refractivity contribution in [1.29, 1.82) is 0 Å². The number of rotatable bonds is 7. The number of aryl methyl sites for hydroxylation is 2. The predicted molar refractivity (Wildman–Crippen MR) is 94.9 cm³/mol. The lowest BCUT2D eigenvalue weighted by Gasteiger charge is -2.16. The summed E-state index contributed by atoms with van der Waals surface area (Å²) >= 11 is 9.69. The van der Waals surface area contributed by atoms with Gasteiger partial charge in [0.1, 0.15) is 0 Å². The molecule has 0 aliphatic heterocycles. The minimum absolute atomic E-state index is 0.434. The second kappa shape index (κ2) is 8.18. The second-order valence-corrected chi connectivity index (χ2v) is 7.79. The summed E-state index contributed by atoms with van der Waals surface area (Å²) < 4.78 is 0. The van der Waals surface area contributed by atoms with Crippen LogP contribution in [0.15, 0.2) is 29.2 Å². The van der Waals surface area contributed by atoms with Crippen LogP contribution < -0.4 is 5.32 Å². The van der Waals surface area contributed by atoms with Crippen LogP contribution in [0.2, 0.25) is 5.02 Å². The van der Waals surface area contributed by atoms with E-state index in [1.807, 2.05) is 41.3 Å². The van der Waals surface area contributed by atoms with Gasteiger partial charge in [0.25, 0.3) is 0 Å². The Bertz CT molecular complexity index is 564. The highest BCUT2D eigenvalue weighted by Crippen LogP contribution is 2.24. The highest BCUT2D eigenvalue weighted by molar-refractivity contribution is 7.99. The highest BCUT2D eigenvalue weighted by Gasteiger charge is 2.13. The number of aromatic nitrogens is 1. The molecule has 2 aromatic rings. The number of thiazole rings is 1. The zero-order valence-electron chi connectivity index (χ0n) is 12.6. The Balaban J connectivity index is 1.95. The Labute approximate surface area is 140 Å². The van der Waals surface area contributed by atoms with Crippen LogP contribution in [0.3, 0.4) is 0 Å². The molecule has 114 valence electrons. The van der Waals surface area contributed by atoms with Crippen molar-refractivity contribution in [3.8, 4) is 0 Å². The highest BCUT2D eigenvalue weighted by atomic mass is 35.5. The van der Waals surface area contributed by atoms with E-state index in [1.54, 1.807) is 0 Å². The summed E-state index contributed by atoms with van der Waals surface area (Å²) in [6.07, 6.45) is 0.987. The first-order chi connectivity index (χ1) is 10.1. The average Bonchev–Trinajstić information content (AvgIpc) is 2.75. The van der Waals surface area contributed by atoms with E-state index in [0.29, 0.717) is 6.04 Å². The van der Waals surface area contributed by atoms with Gasteiger partial charge in [0, 0.05) is 33.0 Å². The van der Waals surface area contributed by atoms with Crippen LogP contribution in [0.1, 0.15) is 22.5 Å². The lowest BCUT2D eigenvalue weighted by Crippen LogP contribution is -2.33. The summed E-state index contributed by atoms with van der Waals surface area (Å²) in [4.78, 5) is 7.19. The summed E-state index contributed by atoms with van der Waals surface area (Å²) in [5.41, 5.74) is 1.16. The minimum Gasteiger partial charge on any atom is -0.313 e. The fourth-order valence-electron chi connectivity index (χ4n) is 2.07. The monoisotopic (exact) mass is 340 g/mol. The maximum Gasteiger partial charge on any atom is 0.0946 e. The molecule has 1 aromatic carbocycles. The number of nitrogens with one attached hydrogen (secondary N) is 1. The molecule has 0 saturated heterocycles. The number of hydrogen-bond acceptors (Lipinski definition) is 4. The van der Waals surface area contributed by atoms with Gasteiger partial charge in [-0.1, -0.05) is 24.6 Å². The van der Waals surface area contributed by atoms with Crippen LogP contribution in [0.4, 0.5) is 0 Å². The third kappa shape index (κ3) is 5.29. The number of likely N-dealkylation sites (N-methyl/N-ethyl adjacent to an activating group) is 1. The molecule has 0 amide bonds. The van der Waals surface area contributed by atoms with Crippen molar-refractivity contribution in [2.24, 2.45) is 0 Å². The van der Waals surface area contributed by atoms with Gasteiger partial charge in [-0.2, -0.15) is 0 Å². The van der Waals surface area contributed by atoms with Gasteiger partial charge >= 0.3 is 0 Å². The van der Waals surface area contributed by atoms with E-state index in [-0.39, 0.29) is 0 Å². The van der Waals surface area contributed by atoms with E-state index in [4.69, 9.17) is 11.6 Å². The van der Waals surface area contributed by atoms with Crippen LogP contribution in [-0.2, 0) is 6.42 Å². The quantitative estimate of drug-likeness (QED) is 0.738. The third-order valence-electron chi connectivity index (χ3n) is 3.23. The molecule has 2 rings (SSSR count). The molecule has 21 heavy (non-hydrogen) atoms. The maximum absolute atomic E-state index is 6.03. The molecule has 1 unspecified atom stereocenters. The summed E-state index contributed by atoms with van der Waals surface area (Å²) in [6.45, 7) is 7.34. The van der Waals surface area contributed by atoms with Crippen molar-refractivity contribution in [1.82, 2.24) is 10.3 Å². The lowest BCUT2D eigenvalue weighted by molar-refractivity contribution is 0.571. The van der Waals surface area contributed by atoms with Crippen molar-refractivity contribution in [2.75, 3.05) is 12.3 Å². The molecule has 0 bridgehead atoms. The Kier molecular flexibility index (Phi) is 6.55. The van der Waals surface area contributed by atoms with E-state index in [9.17, 15) is 0 Å². The zero-order chi connectivity index (χ0) is 15.2. The fraction of sp³-hybridized carbons (Fsp3) is 0.438. The molecule has 1 aromatic heterocycles. The molecule has 1 atom stereocenters. The number of benzene rings is 1. The topological polar surface area (TPSA) is 24.9 Å². The molecule has 0 radical (unpaired) electrons. The van der Waals surface area contributed by atoms with E-state index in [0.717, 1.165) is 29.4 Å². The molecule has 0 aliphatic rings. The van der Waals surface area contributed by atoms with E-state index in [1.165, 1.54) is 14.8 Å². The van der Waals surface area contributed by atoms with Crippen molar-refractivity contribution in [3.05, 3.63) is 44.9 Å². The number of thioether (sulfide) groups is 1. The fourth-order valence-corrected chi connectivity index (χ4v) is 4.35. The molecule has 0 spiro atoms. The van der Waals surface area contributed by atoms with Gasteiger partial charge < -0.3 is 5.32 Å². The summed E-state index contributed by atoms with van der Waals surface area (Å²) in [5.74, 6) is 1.02. The molecular weight excluding hydrogens is 320 g/mol. The van der Waals surface area contributed by atoms with E-state index in [2.05, 4.69) is 37.1 Å². The molecular formula is C16H21ClN2S2. The Morgan fingerprint density at radius 2 is 2.19 bits per heavy atom. The Morgan fingerprint density at radius 1 is 1.38 bits per heavy atom. The van der Waals surface area contributed by atoms with Gasteiger partial charge in [0.2, 0.25) is 0 Å². The van der Waals surface area contributed by atoms with Gasteiger partial charge in [-0.15, -0.1) is 23.1 Å². The average molecular weight is 341 g/mol. The summed E-state index contributed by atoms with van der Waals surface area (Å²) in [7, 11) is 0. The van der Waals surface area contributed by atoms with Gasteiger partial charge in [-0.25, -0.2) is 4.98 Å². The van der Waals surface area contributed by atoms with Crippen LogP contribution in [-0.4, -0.2) is 23.3 Å². The standard InChI is InChI=1S/C16H21ClN2S2/c1-4-18-14(9-16-19-11(2)12(3)21-16)10-20-15-7-5-6-13(17)8-15/h5-8,14,18H,4,9-10H2,1-3H3. The third-order valence-corrected chi connectivity index (χ3v) is 5.72. The maximum atomic E-state index is 6.03. The Morgan fingerprint density at radius 3 is 2.81 bits per heavy atom. The first-order valence-electron chi connectivity index (χ1n) is 7.13. The molecule has 1 N–H and O–H groups in total. The Hall–Kier alpha value is -0.550. The largest absolute Gasteiger partial charge is 0.313 e. The van der Waals surface area contributed by atoms with Crippen molar-refractivity contribution in [2.45, 2.75) is 38.1 Å². The van der Waals surface area contributed by atoms with Gasteiger partial charge in [-0.3, -0.25) is 0 Å². The van der Waals surface area contributed by atoms with Crippen LogP contribution in [0, 0.1) is 13.8 Å². The van der Waals surface area contributed by atoms with Gasteiger partial charge in [0.15, 0.2) is 0 Å². The number of hydrogen-bond donors (Lipinski definition) is 1. The van der Waals surface area contributed by atoms with Gasteiger partial charge in [-0.05, 0) is 38.6 Å². The molecule has 2 nitrogen and oxygen atoms in total. The van der Waals surface area contributed by atoms with Gasteiger partial charge in [0.05, 0.1) is 10.7 Å². The molecule has 1 heterocycles. The van der Waals surface area contributed by atoms with Crippen LogP contribution in [0.5, 0.6) is 0 Å². The summed E-state index contributed by atoms with van der Waals surface area (Å²) in [5, 5.41) is 5.58. The van der Waals surface area contributed by atoms with Crippen molar-refractivity contribution in [3.63, 3.8) is 0 Å². The lowest BCUT2D eigenvalue weighted by atomic mass is 10.2. The first kappa shape index (κ1) is 16.8. The van der Waals surface area contributed by atoms with Crippen molar-refractivity contribution >= 4 is 34.7 Å². The number of halogens is 1. The smallest absolute Gasteiger partial charge is 0.0946 e. The molecule has 0 aliphatic carbocycles. The molecule has 0 saturated carbocycles.